The van der Waals surface area contributed by atoms with Crippen molar-refractivity contribution in [3.63, 3.8) is 0 Å². The molecule has 0 saturated carbocycles. The Bertz CT molecular complexity index is 1070. The summed E-state index contributed by atoms with van der Waals surface area (Å²) in [6.07, 6.45) is 1.80. The zero-order valence-electron chi connectivity index (χ0n) is 17.1. The lowest BCUT2D eigenvalue weighted by Crippen LogP contribution is -2.02. The lowest BCUT2D eigenvalue weighted by molar-refractivity contribution is 0.104. The van der Waals surface area contributed by atoms with Crippen LogP contribution < -0.4 is 14.2 Å². The Morgan fingerprint density at radius 1 is 0.806 bits per heavy atom. The number of benzene rings is 3. The van der Waals surface area contributed by atoms with Crippen LogP contribution >= 0.6 is 43.6 Å². The van der Waals surface area contributed by atoms with Gasteiger partial charge in [-0.1, -0.05) is 43.6 Å². The van der Waals surface area contributed by atoms with Crippen molar-refractivity contribution in [1.82, 2.24) is 0 Å². The minimum Gasteiger partial charge on any atom is -0.496 e. The molecule has 0 aliphatic carbocycles. The highest BCUT2D eigenvalue weighted by molar-refractivity contribution is 9.10. The van der Waals surface area contributed by atoms with Crippen LogP contribution in [0.1, 0.15) is 15.9 Å². The minimum atomic E-state index is -0.0969. The molecule has 0 amide bonds. The van der Waals surface area contributed by atoms with Gasteiger partial charge in [0.15, 0.2) is 5.78 Å². The van der Waals surface area contributed by atoms with E-state index in [1.165, 1.54) is 11.8 Å². The van der Waals surface area contributed by atoms with Crippen LogP contribution in [0.5, 0.6) is 17.2 Å². The molecule has 3 aromatic rings. The van der Waals surface area contributed by atoms with Crippen LogP contribution in [0.2, 0.25) is 0 Å². The average Bonchev–Trinajstić information content (AvgIpc) is 2.79. The Kier molecular flexibility index (Phi) is 8.23. The van der Waals surface area contributed by atoms with Gasteiger partial charge in [0.2, 0.25) is 0 Å². The molecule has 0 N–H and O–H groups in total. The molecule has 0 aliphatic rings. The number of ketones is 1. The van der Waals surface area contributed by atoms with E-state index in [9.17, 15) is 4.79 Å². The predicted molar refractivity (Wildman–Crippen MR) is 133 cm³/mol. The number of hydrogen-bond donors (Lipinski definition) is 0. The summed E-state index contributed by atoms with van der Waals surface area (Å²) in [5, 5.41) is 0. The summed E-state index contributed by atoms with van der Waals surface area (Å²) in [6.45, 7) is 0. The van der Waals surface area contributed by atoms with Crippen LogP contribution in [-0.4, -0.2) is 27.1 Å². The van der Waals surface area contributed by atoms with Gasteiger partial charge < -0.3 is 14.2 Å². The van der Waals surface area contributed by atoms with Gasteiger partial charge in [-0.25, -0.2) is 0 Å². The standard InChI is InChI=1S/C24H20Br2O4S/c1-28-18-12-21(29-2)20(22(13-18)30-3)14-23(31-19-10-8-17(26)9-11-19)24(27)15-4-6-16(25)7-5-15/h4-14H,1-3H3. The van der Waals surface area contributed by atoms with Crippen molar-refractivity contribution in [3.05, 3.63) is 85.6 Å². The van der Waals surface area contributed by atoms with E-state index in [1.54, 1.807) is 51.7 Å². The third-order valence-corrected chi connectivity index (χ3v) is 6.49. The first-order valence-electron chi connectivity index (χ1n) is 9.20. The van der Waals surface area contributed by atoms with E-state index in [-0.39, 0.29) is 5.78 Å². The highest BCUT2D eigenvalue weighted by Crippen LogP contribution is 2.39. The van der Waals surface area contributed by atoms with Crippen LogP contribution in [0, 0.1) is 0 Å². The van der Waals surface area contributed by atoms with Crippen molar-refractivity contribution < 1.29 is 19.0 Å². The fourth-order valence-corrected chi connectivity index (χ4v) is 4.26. The van der Waals surface area contributed by atoms with Crippen molar-refractivity contribution in [1.29, 1.82) is 0 Å². The smallest absolute Gasteiger partial charge is 0.199 e. The normalized spacial score (nSPS) is 11.2. The molecule has 3 aromatic carbocycles. The molecule has 0 spiro atoms. The van der Waals surface area contributed by atoms with Gasteiger partial charge in [0.1, 0.15) is 17.2 Å². The van der Waals surface area contributed by atoms with Gasteiger partial charge in [-0.15, -0.1) is 0 Å². The van der Waals surface area contributed by atoms with Gasteiger partial charge in [0.25, 0.3) is 0 Å². The highest BCUT2D eigenvalue weighted by Gasteiger charge is 2.18. The van der Waals surface area contributed by atoms with E-state index in [0.29, 0.717) is 33.3 Å². The molecule has 0 heterocycles. The second-order valence-electron chi connectivity index (χ2n) is 6.35. The maximum absolute atomic E-state index is 13.4. The molecule has 0 saturated heterocycles. The molecular weight excluding hydrogens is 544 g/mol. The molecular formula is C24H20Br2O4S. The largest absolute Gasteiger partial charge is 0.496 e. The maximum atomic E-state index is 13.4. The summed E-state index contributed by atoms with van der Waals surface area (Å²) < 4.78 is 18.3. The molecule has 0 unspecified atom stereocenters. The molecule has 0 atom stereocenters. The van der Waals surface area contributed by atoms with E-state index < -0.39 is 0 Å². The number of carbonyl (C=O) groups excluding carboxylic acids is 1. The van der Waals surface area contributed by atoms with E-state index in [4.69, 9.17) is 14.2 Å². The Hall–Kier alpha value is -2.22. The van der Waals surface area contributed by atoms with Gasteiger partial charge in [-0.05, 0) is 54.6 Å². The van der Waals surface area contributed by atoms with Crippen molar-refractivity contribution >= 4 is 55.5 Å². The quantitative estimate of drug-likeness (QED) is 0.164. The second-order valence-corrected chi connectivity index (χ2v) is 9.29. The number of methoxy groups -OCH3 is 3. The summed E-state index contributed by atoms with van der Waals surface area (Å²) in [5.74, 6) is 1.61. The van der Waals surface area contributed by atoms with Gasteiger partial charge >= 0.3 is 0 Å². The van der Waals surface area contributed by atoms with E-state index in [0.717, 1.165) is 13.8 Å². The molecule has 4 nitrogen and oxygen atoms in total. The lowest BCUT2D eigenvalue weighted by Gasteiger charge is -2.14. The van der Waals surface area contributed by atoms with Crippen molar-refractivity contribution in [2.75, 3.05) is 21.3 Å². The van der Waals surface area contributed by atoms with E-state index in [1.807, 2.05) is 36.4 Å². The SMILES string of the molecule is COc1cc(OC)c(C=C(Sc2ccc(Br)cc2)C(=O)c2ccc(Br)cc2)c(OC)c1. The third-order valence-electron chi connectivity index (χ3n) is 4.40. The third kappa shape index (κ3) is 5.93. The Labute approximate surface area is 202 Å². The number of rotatable bonds is 8. The molecule has 7 heteroatoms. The van der Waals surface area contributed by atoms with Crippen molar-refractivity contribution in [3.8, 4) is 17.2 Å². The molecule has 3 rings (SSSR count). The summed E-state index contributed by atoms with van der Waals surface area (Å²) in [6, 6.07) is 18.6. The van der Waals surface area contributed by atoms with Gasteiger partial charge in [-0.3, -0.25) is 4.79 Å². The number of carbonyl (C=O) groups is 1. The van der Waals surface area contributed by atoms with Gasteiger partial charge in [0.05, 0.1) is 31.8 Å². The van der Waals surface area contributed by atoms with Crippen LogP contribution in [0.4, 0.5) is 0 Å². The van der Waals surface area contributed by atoms with Gasteiger partial charge in [0, 0.05) is 31.5 Å². The Balaban J connectivity index is 2.13. The number of halogens is 2. The fourth-order valence-electron chi connectivity index (χ4n) is 2.82. The summed E-state index contributed by atoms with van der Waals surface area (Å²) in [4.78, 5) is 14.9. The molecule has 0 fully saturated rings. The number of hydrogen-bond acceptors (Lipinski definition) is 5. The monoisotopic (exact) mass is 562 g/mol. The zero-order chi connectivity index (χ0) is 22.4. The topological polar surface area (TPSA) is 44.8 Å². The average molecular weight is 564 g/mol. The minimum absolute atomic E-state index is 0.0969. The van der Waals surface area contributed by atoms with E-state index >= 15 is 0 Å². The molecule has 160 valence electrons. The predicted octanol–water partition coefficient (Wildman–Crippen LogP) is 7.25. The van der Waals surface area contributed by atoms with Gasteiger partial charge in [-0.2, -0.15) is 0 Å². The number of Topliss-reactive ketones (excluding diaryl/α,β-unsaturated/α-hetero) is 1. The van der Waals surface area contributed by atoms with Crippen molar-refractivity contribution in [2.45, 2.75) is 4.90 Å². The van der Waals surface area contributed by atoms with Crippen LogP contribution in [0.3, 0.4) is 0 Å². The number of ether oxygens (including phenoxy) is 3. The summed E-state index contributed by atoms with van der Waals surface area (Å²) in [5.41, 5.74) is 1.25. The second kappa shape index (κ2) is 10.9. The number of thioether (sulfide) groups is 1. The molecule has 0 radical (unpaired) electrons. The Morgan fingerprint density at radius 2 is 1.32 bits per heavy atom. The highest BCUT2D eigenvalue weighted by atomic mass is 79.9. The molecule has 0 bridgehead atoms. The van der Waals surface area contributed by atoms with Crippen molar-refractivity contribution in [2.24, 2.45) is 0 Å². The van der Waals surface area contributed by atoms with E-state index in [2.05, 4.69) is 31.9 Å². The zero-order valence-corrected chi connectivity index (χ0v) is 21.1. The molecule has 0 aliphatic heterocycles. The fraction of sp³-hybridized carbons (Fsp3) is 0.125. The molecule has 0 aromatic heterocycles. The van der Waals surface area contributed by atoms with Crippen LogP contribution in [0.15, 0.2) is 79.4 Å². The van der Waals surface area contributed by atoms with Crippen LogP contribution in [0.25, 0.3) is 6.08 Å². The first-order chi connectivity index (χ1) is 14.9. The molecule has 31 heavy (non-hydrogen) atoms. The number of allylic oxidation sites excluding steroid dienone is 1. The van der Waals surface area contributed by atoms with Crippen LogP contribution in [-0.2, 0) is 0 Å². The lowest BCUT2D eigenvalue weighted by atomic mass is 10.1. The Morgan fingerprint density at radius 3 is 1.81 bits per heavy atom. The summed E-state index contributed by atoms with van der Waals surface area (Å²) in [7, 11) is 4.73. The maximum Gasteiger partial charge on any atom is 0.199 e. The first kappa shape index (κ1) is 23.4. The summed E-state index contributed by atoms with van der Waals surface area (Å²) >= 11 is 8.25. The first-order valence-corrected chi connectivity index (χ1v) is 11.6.